The minimum atomic E-state index is -0.504. The molecule has 0 fully saturated rings. The van der Waals surface area contributed by atoms with Gasteiger partial charge >= 0.3 is 0 Å². The van der Waals surface area contributed by atoms with E-state index in [1.807, 2.05) is 6.07 Å². The van der Waals surface area contributed by atoms with E-state index >= 15 is 0 Å². The van der Waals surface area contributed by atoms with Gasteiger partial charge in [0.05, 0.1) is 19.1 Å². The molecule has 8 heteroatoms. The van der Waals surface area contributed by atoms with Gasteiger partial charge in [0.1, 0.15) is 5.69 Å². The summed E-state index contributed by atoms with van der Waals surface area (Å²) in [5, 5.41) is 11.7. The second kappa shape index (κ2) is 8.45. The number of nitro benzene ring substituents is 1. The molecule has 0 aromatic heterocycles. The van der Waals surface area contributed by atoms with Crippen LogP contribution in [0.3, 0.4) is 0 Å². The molecule has 1 atom stereocenters. The molecule has 1 unspecified atom stereocenters. The van der Waals surface area contributed by atoms with Crippen molar-refractivity contribution in [3.05, 3.63) is 68.9 Å². The number of hydrogen-bond donors (Lipinski definition) is 0. The summed E-state index contributed by atoms with van der Waals surface area (Å²) in [4.78, 5) is 39.2. The normalized spacial score (nSPS) is 18.5. The fourth-order valence-electron chi connectivity index (χ4n) is 4.69. The van der Waals surface area contributed by atoms with Crippen molar-refractivity contribution >= 4 is 23.1 Å². The summed E-state index contributed by atoms with van der Waals surface area (Å²) < 4.78 is 11.0. The van der Waals surface area contributed by atoms with Crippen LogP contribution in [-0.4, -0.2) is 30.8 Å². The fourth-order valence-corrected chi connectivity index (χ4v) is 4.69. The van der Waals surface area contributed by atoms with Gasteiger partial charge in [-0.05, 0) is 37.5 Å². The molecular weight excluding hydrogens is 412 g/mol. The van der Waals surface area contributed by atoms with Crippen molar-refractivity contribution in [1.82, 2.24) is 0 Å². The molecule has 1 heterocycles. The van der Waals surface area contributed by atoms with E-state index in [4.69, 9.17) is 9.47 Å². The van der Waals surface area contributed by atoms with E-state index in [2.05, 4.69) is 0 Å². The number of carbonyl (C=O) groups excluding carboxylic acids is 2. The first-order chi connectivity index (χ1) is 15.4. The Labute approximate surface area is 185 Å². The van der Waals surface area contributed by atoms with Crippen LogP contribution in [0, 0.1) is 17.0 Å². The number of allylic oxidation sites excluding steroid dienone is 2. The quantitative estimate of drug-likeness (QED) is 0.507. The maximum Gasteiger partial charge on any atom is 0.293 e. The second-order valence-electron chi connectivity index (χ2n) is 7.95. The Balaban J connectivity index is 1.93. The number of anilines is 1. The van der Waals surface area contributed by atoms with E-state index < -0.39 is 10.8 Å². The standard InChI is InChI=1S/C24H24N2O6/c1-14-10-11-17(19(12-14)26(29)30)25-18-7-5-8-20(27)23(18)16(13-22(25)28)15-6-4-9-21(31-2)24(15)32-3/h4,6,9-12,16H,5,7-8,13H2,1-3H3. The highest BCUT2D eigenvalue weighted by Gasteiger charge is 2.42. The smallest absolute Gasteiger partial charge is 0.293 e. The molecule has 0 bridgehead atoms. The lowest BCUT2D eigenvalue weighted by molar-refractivity contribution is -0.384. The summed E-state index contributed by atoms with van der Waals surface area (Å²) >= 11 is 0. The van der Waals surface area contributed by atoms with Crippen molar-refractivity contribution in [1.29, 1.82) is 0 Å². The zero-order chi connectivity index (χ0) is 23.0. The number of para-hydroxylation sites is 1. The van der Waals surface area contributed by atoms with E-state index in [-0.39, 0.29) is 29.5 Å². The molecule has 0 radical (unpaired) electrons. The summed E-state index contributed by atoms with van der Waals surface area (Å²) in [7, 11) is 3.05. The van der Waals surface area contributed by atoms with E-state index in [9.17, 15) is 19.7 Å². The average Bonchev–Trinajstić information content (AvgIpc) is 2.78. The molecule has 0 spiro atoms. The van der Waals surface area contributed by atoms with Gasteiger partial charge in [-0.3, -0.25) is 24.6 Å². The highest BCUT2D eigenvalue weighted by molar-refractivity contribution is 6.08. The molecule has 0 saturated carbocycles. The molecule has 166 valence electrons. The maximum absolute atomic E-state index is 13.4. The SMILES string of the molecule is COc1cccc(C2CC(=O)N(c3ccc(C)cc3[N+](=O)[O-])C3=C2C(=O)CCC3)c1OC. The van der Waals surface area contributed by atoms with Gasteiger partial charge in [-0.25, -0.2) is 0 Å². The number of rotatable bonds is 5. The number of hydrogen-bond acceptors (Lipinski definition) is 6. The Hall–Kier alpha value is -3.68. The summed E-state index contributed by atoms with van der Waals surface area (Å²) in [6, 6.07) is 10.2. The predicted octanol–water partition coefficient (Wildman–Crippen LogP) is 4.45. The Morgan fingerprint density at radius 2 is 1.88 bits per heavy atom. The topological polar surface area (TPSA) is 99.0 Å². The number of methoxy groups -OCH3 is 2. The van der Waals surface area contributed by atoms with Crippen LogP contribution in [0.2, 0.25) is 0 Å². The van der Waals surface area contributed by atoms with E-state index in [1.165, 1.54) is 25.2 Å². The summed E-state index contributed by atoms with van der Waals surface area (Å²) in [5.74, 6) is 0.150. The molecule has 1 aliphatic carbocycles. The molecule has 0 N–H and O–H groups in total. The Morgan fingerprint density at radius 1 is 1.09 bits per heavy atom. The average molecular weight is 436 g/mol. The Kier molecular flexibility index (Phi) is 5.69. The molecule has 32 heavy (non-hydrogen) atoms. The lowest BCUT2D eigenvalue weighted by atomic mass is 9.76. The number of benzene rings is 2. The Morgan fingerprint density at radius 3 is 2.56 bits per heavy atom. The van der Waals surface area contributed by atoms with Crippen LogP contribution in [0.4, 0.5) is 11.4 Å². The number of ketones is 1. The lowest BCUT2D eigenvalue weighted by Crippen LogP contribution is -2.41. The van der Waals surface area contributed by atoms with Crippen molar-refractivity contribution in [2.45, 2.75) is 38.5 Å². The number of carbonyl (C=O) groups is 2. The van der Waals surface area contributed by atoms with Crippen LogP contribution < -0.4 is 14.4 Å². The first-order valence-electron chi connectivity index (χ1n) is 10.4. The molecule has 2 aromatic rings. The van der Waals surface area contributed by atoms with E-state index in [0.29, 0.717) is 47.6 Å². The Bertz CT molecular complexity index is 1150. The van der Waals surface area contributed by atoms with Gasteiger partial charge < -0.3 is 9.47 Å². The third-order valence-corrected chi connectivity index (χ3v) is 6.05. The van der Waals surface area contributed by atoms with Gasteiger partial charge in [0, 0.05) is 41.7 Å². The minimum absolute atomic E-state index is 0.000861. The molecule has 1 aliphatic heterocycles. The number of nitrogens with zero attached hydrogens (tertiary/aromatic N) is 2. The van der Waals surface area contributed by atoms with Gasteiger partial charge in [0.2, 0.25) is 5.91 Å². The van der Waals surface area contributed by atoms with Crippen molar-refractivity contribution < 1.29 is 24.0 Å². The molecule has 4 rings (SSSR count). The van der Waals surface area contributed by atoms with Gasteiger partial charge in [0.15, 0.2) is 17.3 Å². The number of Topliss-reactive ketones (excluding diaryl/α,β-unsaturated/α-hetero) is 1. The van der Waals surface area contributed by atoms with E-state index in [1.54, 1.807) is 31.2 Å². The first kappa shape index (κ1) is 21.5. The molecule has 8 nitrogen and oxygen atoms in total. The minimum Gasteiger partial charge on any atom is -0.493 e. The van der Waals surface area contributed by atoms with Crippen molar-refractivity contribution in [2.24, 2.45) is 0 Å². The highest BCUT2D eigenvalue weighted by Crippen LogP contribution is 2.48. The zero-order valence-corrected chi connectivity index (χ0v) is 18.2. The predicted molar refractivity (Wildman–Crippen MR) is 118 cm³/mol. The molecule has 2 aromatic carbocycles. The molecule has 2 aliphatic rings. The monoisotopic (exact) mass is 436 g/mol. The number of amides is 1. The second-order valence-corrected chi connectivity index (χ2v) is 7.95. The van der Waals surface area contributed by atoms with Crippen molar-refractivity contribution in [3.8, 4) is 11.5 Å². The van der Waals surface area contributed by atoms with Crippen LogP contribution in [0.1, 0.15) is 42.7 Å². The largest absolute Gasteiger partial charge is 0.493 e. The lowest BCUT2D eigenvalue weighted by Gasteiger charge is -2.38. The summed E-state index contributed by atoms with van der Waals surface area (Å²) in [6.45, 7) is 1.76. The molecule has 1 amide bonds. The third-order valence-electron chi connectivity index (χ3n) is 6.05. The summed E-state index contributed by atoms with van der Waals surface area (Å²) in [6.07, 6.45) is 1.45. The summed E-state index contributed by atoms with van der Waals surface area (Å²) in [5.41, 5.74) is 2.53. The van der Waals surface area contributed by atoms with Crippen molar-refractivity contribution in [3.63, 3.8) is 0 Å². The van der Waals surface area contributed by atoms with Gasteiger partial charge in [-0.2, -0.15) is 0 Å². The van der Waals surface area contributed by atoms with Gasteiger partial charge in [-0.1, -0.05) is 18.2 Å². The van der Waals surface area contributed by atoms with Crippen LogP contribution in [0.25, 0.3) is 0 Å². The molecular formula is C24H24N2O6. The first-order valence-corrected chi connectivity index (χ1v) is 10.4. The van der Waals surface area contributed by atoms with Crippen molar-refractivity contribution in [2.75, 3.05) is 19.1 Å². The zero-order valence-electron chi connectivity index (χ0n) is 18.2. The fraction of sp³-hybridized carbons (Fsp3) is 0.333. The third kappa shape index (κ3) is 3.51. The number of nitro groups is 1. The number of aryl methyl sites for hydroxylation is 1. The van der Waals surface area contributed by atoms with Crippen LogP contribution in [0.5, 0.6) is 11.5 Å². The van der Waals surface area contributed by atoms with Crippen LogP contribution >= 0.6 is 0 Å². The van der Waals surface area contributed by atoms with Gasteiger partial charge in [0.25, 0.3) is 5.69 Å². The highest BCUT2D eigenvalue weighted by atomic mass is 16.6. The van der Waals surface area contributed by atoms with Crippen LogP contribution in [-0.2, 0) is 9.59 Å². The number of ether oxygens (including phenoxy) is 2. The molecule has 0 saturated heterocycles. The van der Waals surface area contributed by atoms with Crippen LogP contribution in [0.15, 0.2) is 47.7 Å². The van der Waals surface area contributed by atoms with E-state index in [0.717, 1.165) is 5.56 Å². The van der Waals surface area contributed by atoms with Gasteiger partial charge in [-0.15, -0.1) is 0 Å². The maximum atomic E-state index is 13.4.